The summed E-state index contributed by atoms with van der Waals surface area (Å²) in [5, 5.41) is 11.4. The first-order chi connectivity index (χ1) is 9.86. The Labute approximate surface area is 131 Å². The van der Waals surface area contributed by atoms with Gasteiger partial charge in [-0.1, -0.05) is 34.6 Å². The molecule has 2 aromatic heterocycles. The number of hydrogen-bond acceptors (Lipinski definition) is 4. The normalized spacial score (nSPS) is 13.6. The Kier molecular flexibility index (Phi) is 4.84. The molecule has 0 radical (unpaired) electrons. The highest BCUT2D eigenvalue weighted by Gasteiger charge is 2.24. The summed E-state index contributed by atoms with van der Waals surface area (Å²) in [5.74, 6) is 0. The van der Waals surface area contributed by atoms with E-state index in [9.17, 15) is 0 Å². The number of aryl methyl sites for hydroxylation is 2. The Morgan fingerprint density at radius 1 is 1.33 bits per heavy atom. The number of rotatable bonds is 5. The predicted molar refractivity (Wildman–Crippen MR) is 88.9 cm³/mol. The van der Waals surface area contributed by atoms with E-state index in [-0.39, 0.29) is 11.5 Å². The van der Waals surface area contributed by atoms with Gasteiger partial charge in [0, 0.05) is 29.6 Å². The van der Waals surface area contributed by atoms with Gasteiger partial charge >= 0.3 is 0 Å². The van der Waals surface area contributed by atoms with Gasteiger partial charge in [-0.25, -0.2) is 4.98 Å². The van der Waals surface area contributed by atoms with Crippen LogP contribution in [0.1, 0.15) is 62.6 Å². The van der Waals surface area contributed by atoms with Crippen molar-refractivity contribution in [1.82, 2.24) is 20.1 Å². The van der Waals surface area contributed by atoms with E-state index in [1.165, 1.54) is 5.56 Å². The lowest BCUT2D eigenvalue weighted by Crippen LogP contribution is -2.23. The van der Waals surface area contributed by atoms with Gasteiger partial charge in [0.25, 0.3) is 0 Å². The van der Waals surface area contributed by atoms with Gasteiger partial charge < -0.3 is 5.32 Å². The number of thiazole rings is 1. The molecule has 4 nitrogen and oxygen atoms in total. The van der Waals surface area contributed by atoms with Crippen LogP contribution in [0.3, 0.4) is 0 Å². The molecule has 1 unspecified atom stereocenters. The maximum absolute atomic E-state index is 4.88. The second kappa shape index (κ2) is 6.28. The van der Waals surface area contributed by atoms with Crippen LogP contribution in [0, 0.1) is 0 Å². The number of aromatic nitrogens is 3. The summed E-state index contributed by atoms with van der Waals surface area (Å²) in [7, 11) is 1.98. The topological polar surface area (TPSA) is 42.7 Å². The van der Waals surface area contributed by atoms with Gasteiger partial charge in [0.2, 0.25) is 0 Å². The van der Waals surface area contributed by atoms with Crippen molar-refractivity contribution < 1.29 is 0 Å². The van der Waals surface area contributed by atoms with Gasteiger partial charge in [0.15, 0.2) is 0 Å². The molecular weight excluding hydrogens is 280 g/mol. The summed E-state index contributed by atoms with van der Waals surface area (Å²) in [6.45, 7) is 11.8. The molecule has 0 saturated heterocycles. The third kappa shape index (κ3) is 3.52. The van der Waals surface area contributed by atoms with Crippen molar-refractivity contribution in [2.45, 2.75) is 52.5 Å². The average Bonchev–Trinajstić information content (AvgIpc) is 3.01. The molecule has 0 aliphatic carbocycles. The van der Waals surface area contributed by atoms with Crippen molar-refractivity contribution in [3.05, 3.63) is 33.5 Å². The van der Waals surface area contributed by atoms with Crippen LogP contribution in [-0.4, -0.2) is 21.3 Å². The Bertz CT molecular complexity index is 592. The lowest BCUT2D eigenvalue weighted by atomic mass is 9.93. The number of nitrogens with zero attached hydrogens (tertiary/aromatic N) is 3. The van der Waals surface area contributed by atoms with E-state index < -0.39 is 0 Å². The fraction of sp³-hybridized carbons (Fsp3) is 0.625. The van der Waals surface area contributed by atoms with Crippen molar-refractivity contribution in [3.8, 4) is 0 Å². The Hall–Kier alpha value is -1.20. The Morgan fingerprint density at radius 3 is 2.57 bits per heavy atom. The van der Waals surface area contributed by atoms with Crippen LogP contribution in [0.2, 0.25) is 0 Å². The van der Waals surface area contributed by atoms with Gasteiger partial charge in [-0.2, -0.15) is 5.10 Å². The summed E-state index contributed by atoms with van der Waals surface area (Å²) < 4.78 is 1.90. The van der Waals surface area contributed by atoms with Crippen LogP contribution in [0.15, 0.2) is 11.6 Å². The minimum absolute atomic E-state index is 0.0913. The summed E-state index contributed by atoms with van der Waals surface area (Å²) in [6, 6.07) is 0.139. The molecular formula is C16H26N4S. The zero-order valence-electron chi connectivity index (χ0n) is 13.9. The van der Waals surface area contributed by atoms with Crippen molar-refractivity contribution >= 4 is 11.3 Å². The molecule has 21 heavy (non-hydrogen) atoms. The fourth-order valence-electron chi connectivity index (χ4n) is 2.37. The second-order valence-corrected chi connectivity index (χ2v) is 7.26. The van der Waals surface area contributed by atoms with E-state index in [1.807, 2.05) is 11.7 Å². The molecule has 2 rings (SSSR count). The highest BCUT2D eigenvalue weighted by molar-refractivity contribution is 7.09. The minimum atomic E-state index is 0.0913. The van der Waals surface area contributed by atoms with E-state index in [0.717, 1.165) is 29.4 Å². The summed E-state index contributed by atoms with van der Waals surface area (Å²) in [6.07, 6.45) is 3.06. The quantitative estimate of drug-likeness (QED) is 0.920. The molecule has 0 aliphatic rings. The molecule has 2 heterocycles. The first-order valence-corrected chi connectivity index (χ1v) is 8.46. The molecule has 5 heteroatoms. The number of nitrogens with one attached hydrogen (secondary N) is 1. The van der Waals surface area contributed by atoms with Gasteiger partial charge in [0.05, 0.1) is 17.4 Å². The molecule has 1 N–H and O–H groups in total. The average molecular weight is 306 g/mol. The molecule has 0 amide bonds. The number of hydrogen-bond donors (Lipinski definition) is 1. The first-order valence-electron chi connectivity index (χ1n) is 7.58. The lowest BCUT2D eigenvalue weighted by molar-refractivity contribution is 0.561. The van der Waals surface area contributed by atoms with E-state index in [1.54, 1.807) is 11.3 Å². The molecule has 0 aromatic carbocycles. The molecule has 0 aliphatic heterocycles. The minimum Gasteiger partial charge on any atom is -0.304 e. The molecule has 1 atom stereocenters. The van der Waals surface area contributed by atoms with Gasteiger partial charge in [-0.05, 0) is 13.0 Å². The highest BCUT2D eigenvalue weighted by Crippen LogP contribution is 2.31. The molecule has 116 valence electrons. The smallest absolute Gasteiger partial charge is 0.115 e. The van der Waals surface area contributed by atoms with Crippen molar-refractivity contribution in [3.63, 3.8) is 0 Å². The SMILES string of the molecule is CCNC(c1nc(C(C)(C)C)cs1)c1cn(C)nc1CC. The largest absolute Gasteiger partial charge is 0.304 e. The van der Waals surface area contributed by atoms with Crippen LogP contribution in [0.4, 0.5) is 0 Å². The standard InChI is InChI=1S/C16H26N4S/c1-7-12-11(9-20(6)19-12)14(17-8-2)15-18-13(10-21-15)16(3,4)5/h9-10,14,17H,7-8H2,1-6H3. The van der Waals surface area contributed by atoms with E-state index >= 15 is 0 Å². The summed E-state index contributed by atoms with van der Waals surface area (Å²) in [4.78, 5) is 4.88. The van der Waals surface area contributed by atoms with E-state index in [4.69, 9.17) is 4.98 Å². The van der Waals surface area contributed by atoms with E-state index in [0.29, 0.717) is 0 Å². The maximum atomic E-state index is 4.88. The van der Waals surface area contributed by atoms with Gasteiger partial charge in [-0.15, -0.1) is 11.3 Å². The molecule has 0 bridgehead atoms. The Balaban J connectivity index is 2.41. The monoisotopic (exact) mass is 306 g/mol. The Morgan fingerprint density at radius 2 is 2.05 bits per heavy atom. The van der Waals surface area contributed by atoms with Crippen molar-refractivity contribution in [2.75, 3.05) is 6.54 Å². The van der Waals surface area contributed by atoms with Gasteiger partial charge in [-0.3, -0.25) is 4.68 Å². The molecule has 0 spiro atoms. The fourth-order valence-corrected chi connectivity index (χ4v) is 3.50. The lowest BCUT2D eigenvalue weighted by Gasteiger charge is -2.17. The van der Waals surface area contributed by atoms with Crippen LogP contribution in [-0.2, 0) is 18.9 Å². The van der Waals surface area contributed by atoms with Gasteiger partial charge in [0.1, 0.15) is 5.01 Å². The third-order valence-electron chi connectivity index (χ3n) is 3.53. The van der Waals surface area contributed by atoms with Crippen molar-refractivity contribution in [1.29, 1.82) is 0 Å². The third-order valence-corrected chi connectivity index (χ3v) is 4.44. The summed E-state index contributed by atoms with van der Waals surface area (Å²) >= 11 is 1.74. The van der Waals surface area contributed by atoms with Crippen LogP contribution >= 0.6 is 11.3 Å². The van der Waals surface area contributed by atoms with E-state index in [2.05, 4.69) is 56.6 Å². The van der Waals surface area contributed by atoms with Crippen LogP contribution < -0.4 is 5.32 Å². The highest BCUT2D eigenvalue weighted by atomic mass is 32.1. The zero-order valence-corrected chi connectivity index (χ0v) is 14.7. The van der Waals surface area contributed by atoms with Crippen molar-refractivity contribution in [2.24, 2.45) is 7.05 Å². The molecule has 0 saturated carbocycles. The van der Waals surface area contributed by atoms with Crippen LogP contribution in [0.25, 0.3) is 0 Å². The summed E-state index contributed by atoms with van der Waals surface area (Å²) in [5.41, 5.74) is 3.65. The molecule has 0 fully saturated rings. The molecule has 2 aromatic rings. The first kappa shape index (κ1) is 16.2. The zero-order chi connectivity index (χ0) is 15.6. The predicted octanol–water partition coefficient (Wildman–Crippen LogP) is 3.44. The van der Waals surface area contributed by atoms with Crippen LogP contribution in [0.5, 0.6) is 0 Å². The second-order valence-electron chi connectivity index (χ2n) is 6.37. The maximum Gasteiger partial charge on any atom is 0.115 e.